The maximum atomic E-state index is 12.2. The van der Waals surface area contributed by atoms with Crippen LogP contribution in [-0.4, -0.2) is 17.6 Å². The number of rotatable bonds is 4. The van der Waals surface area contributed by atoms with E-state index in [9.17, 15) is 9.59 Å². The van der Waals surface area contributed by atoms with E-state index in [4.69, 9.17) is 0 Å². The highest BCUT2D eigenvalue weighted by Crippen LogP contribution is 2.35. The van der Waals surface area contributed by atoms with Gasteiger partial charge in [0.1, 0.15) is 0 Å². The minimum Gasteiger partial charge on any atom is -0.334 e. The third-order valence-corrected chi connectivity index (χ3v) is 5.17. The number of carbonyl (C=O) groups excluding carboxylic acids is 2. The summed E-state index contributed by atoms with van der Waals surface area (Å²) in [7, 11) is 0. The molecule has 2 N–H and O–H groups in total. The van der Waals surface area contributed by atoms with Crippen molar-refractivity contribution in [2.45, 2.75) is 30.8 Å². The summed E-state index contributed by atoms with van der Waals surface area (Å²) in [6.45, 7) is 1.94. The quantitative estimate of drug-likeness (QED) is 0.829. The first-order chi connectivity index (χ1) is 11.6. The fraction of sp³-hybridized carbons (Fsp3) is 0.263. The third kappa shape index (κ3) is 3.97. The van der Waals surface area contributed by atoms with Crippen LogP contribution in [0.5, 0.6) is 0 Å². The van der Waals surface area contributed by atoms with Crippen molar-refractivity contribution in [3.63, 3.8) is 0 Å². The summed E-state index contributed by atoms with van der Waals surface area (Å²) in [4.78, 5) is 24.9. The molecule has 1 heterocycles. The van der Waals surface area contributed by atoms with Crippen LogP contribution in [0.25, 0.3) is 0 Å². The molecule has 1 atom stereocenters. The molecule has 0 bridgehead atoms. The van der Waals surface area contributed by atoms with Gasteiger partial charge in [0.05, 0.1) is 6.04 Å². The van der Waals surface area contributed by atoms with Gasteiger partial charge >= 0.3 is 6.03 Å². The zero-order valence-electron chi connectivity index (χ0n) is 13.5. The van der Waals surface area contributed by atoms with Gasteiger partial charge in [-0.25, -0.2) is 4.79 Å². The smallest absolute Gasteiger partial charge is 0.315 e. The Balaban J connectivity index is 1.59. The second-order valence-electron chi connectivity index (χ2n) is 5.81. The molecule has 1 aliphatic heterocycles. The molecule has 2 aromatic carbocycles. The first kappa shape index (κ1) is 16.6. The van der Waals surface area contributed by atoms with E-state index in [0.717, 1.165) is 17.7 Å². The first-order valence-electron chi connectivity index (χ1n) is 7.99. The Bertz CT molecular complexity index is 761. The number of benzene rings is 2. The Labute approximate surface area is 146 Å². The predicted molar refractivity (Wildman–Crippen MR) is 96.3 cm³/mol. The minimum atomic E-state index is -0.185. The lowest BCUT2D eigenvalue weighted by molar-refractivity contribution is 0.101. The molecule has 2 amide bonds. The van der Waals surface area contributed by atoms with Gasteiger partial charge in [0.15, 0.2) is 5.78 Å². The Hall–Kier alpha value is -2.27. The fourth-order valence-corrected chi connectivity index (χ4v) is 3.91. The van der Waals surface area contributed by atoms with Gasteiger partial charge in [-0.05, 0) is 36.6 Å². The first-order valence-corrected chi connectivity index (χ1v) is 8.98. The van der Waals surface area contributed by atoms with Gasteiger partial charge in [-0.15, -0.1) is 11.8 Å². The zero-order chi connectivity index (χ0) is 16.9. The molecule has 0 unspecified atom stereocenters. The minimum absolute atomic E-state index is 0.0256. The van der Waals surface area contributed by atoms with Crippen LogP contribution in [0.1, 0.15) is 40.9 Å². The van der Waals surface area contributed by atoms with Crippen LogP contribution in [0, 0.1) is 0 Å². The summed E-state index contributed by atoms with van der Waals surface area (Å²) >= 11 is 1.83. The number of Topliss-reactive ketones (excluding diaryl/α,β-unsaturated/α-hetero) is 1. The van der Waals surface area contributed by atoms with Crippen LogP contribution in [-0.2, 0) is 6.54 Å². The number of carbonyl (C=O) groups is 2. The Morgan fingerprint density at radius 2 is 2.00 bits per heavy atom. The van der Waals surface area contributed by atoms with E-state index in [1.54, 1.807) is 6.07 Å². The van der Waals surface area contributed by atoms with Crippen molar-refractivity contribution in [3.05, 3.63) is 65.2 Å². The monoisotopic (exact) mass is 340 g/mol. The highest BCUT2D eigenvalue weighted by molar-refractivity contribution is 7.99. The Morgan fingerprint density at radius 1 is 1.17 bits per heavy atom. The maximum Gasteiger partial charge on any atom is 0.315 e. The summed E-state index contributed by atoms with van der Waals surface area (Å²) in [6.07, 6.45) is 0.926. The molecule has 0 fully saturated rings. The molecule has 0 aliphatic carbocycles. The zero-order valence-corrected chi connectivity index (χ0v) is 14.4. The normalized spacial score (nSPS) is 16.1. The number of nitrogens with one attached hydrogen (secondary N) is 2. The van der Waals surface area contributed by atoms with E-state index in [2.05, 4.69) is 22.8 Å². The van der Waals surface area contributed by atoms with E-state index in [1.165, 1.54) is 17.4 Å². The van der Waals surface area contributed by atoms with Gasteiger partial charge in [-0.1, -0.05) is 36.4 Å². The maximum absolute atomic E-state index is 12.2. The topological polar surface area (TPSA) is 58.2 Å². The van der Waals surface area contributed by atoms with E-state index < -0.39 is 0 Å². The molecule has 124 valence electrons. The van der Waals surface area contributed by atoms with Crippen LogP contribution in [0.2, 0.25) is 0 Å². The highest BCUT2D eigenvalue weighted by Gasteiger charge is 2.21. The number of ketones is 1. The summed E-state index contributed by atoms with van der Waals surface area (Å²) < 4.78 is 0. The van der Waals surface area contributed by atoms with Crippen molar-refractivity contribution in [3.8, 4) is 0 Å². The number of fused-ring (bicyclic) bond motifs is 1. The van der Waals surface area contributed by atoms with Crippen molar-refractivity contribution >= 4 is 23.6 Å². The summed E-state index contributed by atoms with van der Waals surface area (Å²) in [5.41, 5.74) is 2.76. The number of hydrogen-bond acceptors (Lipinski definition) is 3. The van der Waals surface area contributed by atoms with E-state index in [1.807, 2.05) is 42.1 Å². The molecule has 0 spiro atoms. The van der Waals surface area contributed by atoms with Crippen molar-refractivity contribution in [1.82, 2.24) is 10.6 Å². The molecule has 0 aromatic heterocycles. The van der Waals surface area contributed by atoms with Crippen molar-refractivity contribution < 1.29 is 9.59 Å². The fourth-order valence-electron chi connectivity index (χ4n) is 2.78. The molecule has 5 heteroatoms. The van der Waals surface area contributed by atoms with Gasteiger partial charge in [0, 0.05) is 22.8 Å². The van der Waals surface area contributed by atoms with E-state index in [0.29, 0.717) is 12.1 Å². The molecular weight excluding hydrogens is 320 g/mol. The number of urea groups is 1. The van der Waals surface area contributed by atoms with Crippen LogP contribution < -0.4 is 10.6 Å². The van der Waals surface area contributed by atoms with E-state index in [-0.39, 0.29) is 17.9 Å². The van der Waals surface area contributed by atoms with Crippen molar-refractivity contribution in [2.24, 2.45) is 0 Å². The molecule has 24 heavy (non-hydrogen) atoms. The average molecular weight is 340 g/mol. The van der Waals surface area contributed by atoms with Gasteiger partial charge in [-0.2, -0.15) is 0 Å². The highest BCUT2D eigenvalue weighted by atomic mass is 32.2. The molecule has 0 saturated carbocycles. The van der Waals surface area contributed by atoms with Crippen molar-refractivity contribution in [1.29, 1.82) is 0 Å². The summed E-state index contributed by atoms with van der Waals surface area (Å²) in [5, 5.41) is 5.93. The lowest BCUT2D eigenvalue weighted by atomic mass is 10.0. The molecular formula is C19H20N2O2S. The molecule has 0 radical (unpaired) electrons. The number of hydrogen-bond donors (Lipinski definition) is 2. The lowest BCUT2D eigenvalue weighted by Crippen LogP contribution is -2.38. The second kappa shape index (κ2) is 7.53. The summed E-state index contributed by atoms with van der Waals surface area (Å²) in [5.74, 6) is 1.03. The van der Waals surface area contributed by atoms with Crippen LogP contribution in [0.4, 0.5) is 4.79 Å². The molecule has 0 saturated heterocycles. The summed E-state index contributed by atoms with van der Waals surface area (Å²) in [6, 6.07) is 15.4. The molecule has 4 nitrogen and oxygen atoms in total. The second-order valence-corrected chi connectivity index (χ2v) is 6.95. The number of thioether (sulfide) groups is 1. The van der Waals surface area contributed by atoms with Crippen LogP contribution in [0.15, 0.2) is 53.4 Å². The molecule has 2 aromatic rings. The SMILES string of the molecule is CC(=O)c1cccc(CNC(=O)N[C@H]2CCSc3ccccc32)c1. The lowest BCUT2D eigenvalue weighted by Gasteiger charge is -2.26. The molecule has 3 rings (SSSR count). The predicted octanol–water partition coefficient (Wildman–Crippen LogP) is 3.93. The van der Waals surface area contributed by atoms with Gasteiger partial charge in [0.25, 0.3) is 0 Å². The van der Waals surface area contributed by atoms with Gasteiger partial charge in [0.2, 0.25) is 0 Å². The van der Waals surface area contributed by atoms with Gasteiger partial charge in [-0.3, -0.25) is 4.79 Å². The molecule has 1 aliphatic rings. The number of amides is 2. The Kier molecular flexibility index (Phi) is 5.20. The van der Waals surface area contributed by atoms with Gasteiger partial charge < -0.3 is 10.6 Å². The van der Waals surface area contributed by atoms with Crippen molar-refractivity contribution in [2.75, 3.05) is 5.75 Å². The average Bonchev–Trinajstić information content (AvgIpc) is 2.60. The standard InChI is InChI=1S/C19H20N2O2S/c1-13(22)15-6-4-5-14(11-15)12-20-19(23)21-17-9-10-24-18-8-3-2-7-16(17)18/h2-8,11,17H,9-10,12H2,1H3,(H2,20,21,23)/t17-/m0/s1. The largest absolute Gasteiger partial charge is 0.334 e. The Morgan fingerprint density at radius 3 is 2.83 bits per heavy atom. The van der Waals surface area contributed by atoms with Crippen LogP contribution in [0.3, 0.4) is 0 Å². The van der Waals surface area contributed by atoms with E-state index >= 15 is 0 Å². The third-order valence-electron chi connectivity index (χ3n) is 4.05. The van der Waals surface area contributed by atoms with Crippen LogP contribution >= 0.6 is 11.8 Å².